The lowest BCUT2D eigenvalue weighted by atomic mass is 9.99. The maximum Gasteiger partial charge on any atom is 0.252 e. The van der Waals surface area contributed by atoms with Crippen molar-refractivity contribution in [2.75, 3.05) is 12.3 Å². The van der Waals surface area contributed by atoms with Gasteiger partial charge in [-0.2, -0.15) is 0 Å². The van der Waals surface area contributed by atoms with Gasteiger partial charge in [-0.25, -0.2) is 0 Å². The Hall–Kier alpha value is -1.05. The number of carbonyl (C=O) groups is 3. The molecule has 0 aliphatic carbocycles. The summed E-state index contributed by atoms with van der Waals surface area (Å²) in [4.78, 5) is 37.9. The summed E-state index contributed by atoms with van der Waals surface area (Å²) < 4.78 is 0.719. The first-order chi connectivity index (χ1) is 9.80. The van der Waals surface area contributed by atoms with Crippen LogP contribution in [-0.4, -0.2) is 40.5 Å². The molecule has 1 saturated heterocycles. The van der Waals surface area contributed by atoms with Gasteiger partial charge in [-0.15, -0.1) is 23.1 Å². The minimum absolute atomic E-state index is 0.0804. The van der Waals surface area contributed by atoms with Gasteiger partial charge in [-0.1, -0.05) is 11.6 Å². The molecule has 1 aromatic rings. The van der Waals surface area contributed by atoms with E-state index in [1.54, 1.807) is 13.8 Å². The van der Waals surface area contributed by atoms with Crippen molar-refractivity contribution in [1.82, 2.24) is 10.2 Å². The van der Waals surface area contributed by atoms with Crippen LogP contribution in [-0.2, 0) is 20.1 Å². The van der Waals surface area contributed by atoms with Crippen LogP contribution in [0.4, 0.5) is 0 Å². The largest absolute Gasteiger partial charge is 0.318 e. The molecule has 8 heteroatoms. The predicted molar refractivity (Wildman–Crippen MR) is 84.4 cm³/mol. The number of carbonyl (C=O) groups excluding carboxylic acids is 3. The molecule has 1 fully saturated rings. The molecule has 0 bridgehead atoms. The Bertz CT molecular complexity index is 586. The Morgan fingerprint density at radius 2 is 2.19 bits per heavy atom. The highest BCUT2D eigenvalue weighted by atomic mass is 35.5. The number of nitrogens with one attached hydrogen (secondary N) is 1. The van der Waals surface area contributed by atoms with E-state index in [1.165, 1.54) is 28.0 Å². The monoisotopic (exact) mass is 346 g/mol. The highest BCUT2D eigenvalue weighted by Gasteiger charge is 2.43. The number of amides is 3. The number of hydrogen-bond acceptors (Lipinski definition) is 5. The zero-order chi connectivity index (χ0) is 15.6. The molecule has 21 heavy (non-hydrogen) atoms. The van der Waals surface area contributed by atoms with E-state index in [9.17, 15) is 14.4 Å². The fourth-order valence-corrected chi connectivity index (χ4v) is 4.03. The maximum atomic E-state index is 12.3. The second-order valence-corrected chi connectivity index (χ2v) is 7.90. The maximum absolute atomic E-state index is 12.3. The molecule has 1 N–H and O–H groups in total. The lowest BCUT2D eigenvalue weighted by Crippen LogP contribution is -2.65. The number of piperazine rings is 1. The van der Waals surface area contributed by atoms with Crippen molar-refractivity contribution in [2.45, 2.75) is 25.1 Å². The number of thioether (sulfide) groups is 1. The van der Waals surface area contributed by atoms with Crippen molar-refractivity contribution in [2.24, 2.45) is 0 Å². The summed E-state index contributed by atoms with van der Waals surface area (Å²) in [7, 11) is 0. The zero-order valence-electron chi connectivity index (χ0n) is 11.6. The van der Waals surface area contributed by atoms with Crippen LogP contribution < -0.4 is 5.32 Å². The molecule has 2 heterocycles. The number of imide groups is 1. The van der Waals surface area contributed by atoms with Crippen LogP contribution in [0.25, 0.3) is 0 Å². The molecule has 1 aliphatic heterocycles. The molecule has 1 aliphatic rings. The van der Waals surface area contributed by atoms with Crippen molar-refractivity contribution in [1.29, 1.82) is 0 Å². The van der Waals surface area contributed by atoms with Crippen LogP contribution in [0.2, 0.25) is 4.34 Å². The Balaban J connectivity index is 1.92. The lowest BCUT2D eigenvalue weighted by Gasteiger charge is -2.40. The zero-order valence-corrected chi connectivity index (χ0v) is 14.0. The quantitative estimate of drug-likeness (QED) is 0.845. The fraction of sp³-hybridized carbons (Fsp3) is 0.462. The number of nitrogens with zero attached hydrogens (tertiary/aromatic N) is 1. The molecule has 3 amide bonds. The predicted octanol–water partition coefficient (Wildman–Crippen LogP) is 1.90. The SMILES string of the molecule is CC1(C)C(=O)NC(=O)CN1C(=O)CSCc1ccc(Cl)s1. The van der Waals surface area contributed by atoms with Crippen LogP contribution in [0.15, 0.2) is 12.1 Å². The van der Waals surface area contributed by atoms with Crippen LogP contribution in [0.3, 0.4) is 0 Å². The summed E-state index contributed by atoms with van der Waals surface area (Å²) in [5.74, 6) is -0.197. The van der Waals surface area contributed by atoms with Gasteiger partial charge >= 0.3 is 0 Å². The summed E-state index contributed by atoms with van der Waals surface area (Å²) in [6.07, 6.45) is 0. The topological polar surface area (TPSA) is 66.5 Å². The Morgan fingerprint density at radius 1 is 1.48 bits per heavy atom. The Morgan fingerprint density at radius 3 is 2.81 bits per heavy atom. The highest BCUT2D eigenvalue weighted by molar-refractivity contribution is 7.99. The first-order valence-corrected chi connectivity index (χ1v) is 8.62. The van der Waals surface area contributed by atoms with E-state index < -0.39 is 17.4 Å². The third-order valence-electron chi connectivity index (χ3n) is 3.18. The smallest absolute Gasteiger partial charge is 0.252 e. The first kappa shape index (κ1) is 16.3. The number of hydrogen-bond donors (Lipinski definition) is 1. The van der Waals surface area contributed by atoms with E-state index in [0.717, 1.165) is 9.21 Å². The van der Waals surface area contributed by atoms with E-state index in [2.05, 4.69) is 5.32 Å². The fourth-order valence-electron chi connectivity index (χ4n) is 1.93. The molecule has 0 unspecified atom stereocenters. The van der Waals surface area contributed by atoms with Crippen molar-refractivity contribution in [3.8, 4) is 0 Å². The van der Waals surface area contributed by atoms with Crippen molar-refractivity contribution < 1.29 is 14.4 Å². The molecule has 5 nitrogen and oxygen atoms in total. The average Bonchev–Trinajstić information content (AvgIpc) is 2.80. The molecule has 0 atom stereocenters. The summed E-state index contributed by atoms with van der Waals surface area (Å²) in [5.41, 5.74) is -1.00. The minimum Gasteiger partial charge on any atom is -0.318 e. The molecule has 0 spiro atoms. The normalized spacial score (nSPS) is 17.8. The summed E-state index contributed by atoms with van der Waals surface area (Å²) in [5, 5.41) is 2.25. The van der Waals surface area contributed by atoms with Gasteiger partial charge in [-0.05, 0) is 26.0 Å². The molecule has 114 valence electrons. The molecular formula is C13H15ClN2O3S2. The van der Waals surface area contributed by atoms with E-state index in [4.69, 9.17) is 11.6 Å². The van der Waals surface area contributed by atoms with Gasteiger partial charge < -0.3 is 4.90 Å². The number of thiophene rings is 1. The van der Waals surface area contributed by atoms with Crippen molar-refractivity contribution >= 4 is 52.4 Å². The van der Waals surface area contributed by atoms with Crippen LogP contribution in [0.1, 0.15) is 18.7 Å². The van der Waals surface area contributed by atoms with Gasteiger partial charge in [0.1, 0.15) is 12.1 Å². The van der Waals surface area contributed by atoms with Gasteiger partial charge in [0, 0.05) is 10.6 Å². The molecule has 2 rings (SSSR count). The second-order valence-electron chi connectivity index (χ2n) is 5.11. The highest BCUT2D eigenvalue weighted by Crippen LogP contribution is 2.26. The molecule has 0 saturated carbocycles. The van der Waals surface area contributed by atoms with E-state index in [1.807, 2.05) is 12.1 Å². The lowest BCUT2D eigenvalue weighted by molar-refractivity contribution is -0.154. The van der Waals surface area contributed by atoms with Crippen LogP contribution in [0, 0.1) is 0 Å². The molecule has 0 aromatic carbocycles. The van der Waals surface area contributed by atoms with Crippen LogP contribution >= 0.6 is 34.7 Å². The van der Waals surface area contributed by atoms with Gasteiger partial charge in [0.15, 0.2) is 0 Å². The van der Waals surface area contributed by atoms with E-state index in [0.29, 0.717) is 5.75 Å². The molecular weight excluding hydrogens is 332 g/mol. The Labute approximate surface area is 136 Å². The molecule has 0 radical (unpaired) electrons. The van der Waals surface area contributed by atoms with Gasteiger partial charge in [0.05, 0.1) is 10.1 Å². The van der Waals surface area contributed by atoms with Crippen LogP contribution in [0.5, 0.6) is 0 Å². The second kappa shape index (κ2) is 6.37. The van der Waals surface area contributed by atoms with E-state index in [-0.39, 0.29) is 18.2 Å². The van der Waals surface area contributed by atoms with Gasteiger partial charge in [0.2, 0.25) is 11.8 Å². The standard InChI is InChI=1S/C13H15ClN2O3S2/c1-13(2)12(19)15-10(17)5-16(13)11(18)7-20-6-8-3-4-9(14)21-8/h3-4H,5-7H2,1-2H3,(H,15,17,19). The molecule has 1 aromatic heterocycles. The third-order valence-corrected chi connectivity index (χ3v) is 5.56. The summed E-state index contributed by atoms with van der Waals surface area (Å²) in [6, 6.07) is 3.74. The average molecular weight is 347 g/mol. The Kier molecular flexibility index (Phi) is 4.95. The number of halogens is 1. The summed E-state index contributed by atoms with van der Waals surface area (Å²) in [6.45, 7) is 3.19. The summed E-state index contributed by atoms with van der Waals surface area (Å²) >= 11 is 8.76. The first-order valence-electron chi connectivity index (χ1n) is 6.27. The van der Waals surface area contributed by atoms with Gasteiger partial charge in [-0.3, -0.25) is 19.7 Å². The minimum atomic E-state index is -1.00. The van der Waals surface area contributed by atoms with Gasteiger partial charge in [0.25, 0.3) is 5.91 Å². The van der Waals surface area contributed by atoms with E-state index >= 15 is 0 Å². The third kappa shape index (κ3) is 3.78. The number of rotatable bonds is 4. The van der Waals surface area contributed by atoms with Crippen molar-refractivity contribution in [3.05, 3.63) is 21.3 Å². The van der Waals surface area contributed by atoms with Crippen molar-refractivity contribution in [3.63, 3.8) is 0 Å².